The van der Waals surface area contributed by atoms with Crippen molar-refractivity contribution in [3.63, 3.8) is 0 Å². The summed E-state index contributed by atoms with van der Waals surface area (Å²) in [6.45, 7) is 3.56. The molecule has 0 spiro atoms. The fourth-order valence-electron chi connectivity index (χ4n) is 3.39. The van der Waals surface area contributed by atoms with Crippen molar-refractivity contribution in [1.82, 2.24) is 14.5 Å². The number of amides is 1. The van der Waals surface area contributed by atoms with Gasteiger partial charge in [0.1, 0.15) is 0 Å². The molecule has 0 bridgehead atoms. The fraction of sp³-hybridized carbons (Fsp3) is 0.529. The van der Waals surface area contributed by atoms with Gasteiger partial charge >= 0.3 is 0 Å². The molecule has 2 aromatic rings. The number of carbonyl (C=O) groups excluding carboxylic acids is 1. The molecule has 1 aromatic heterocycles. The van der Waals surface area contributed by atoms with Crippen LogP contribution in [-0.2, 0) is 11.3 Å². The van der Waals surface area contributed by atoms with Crippen LogP contribution in [0.3, 0.4) is 0 Å². The van der Waals surface area contributed by atoms with Crippen LogP contribution in [0.25, 0.3) is 11.0 Å². The van der Waals surface area contributed by atoms with Gasteiger partial charge in [0.15, 0.2) is 0 Å². The highest BCUT2D eigenvalue weighted by Gasteiger charge is 2.30. The molecule has 1 fully saturated rings. The van der Waals surface area contributed by atoms with E-state index in [0.29, 0.717) is 18.9 Å². The normalized spacial score (nSPS) is 22.2. The van der Waals surface area contributed by atoms with Gasteiger partial charge in [-0.15, -0.1) is 0 Å². The molecule has 3 rings (SSSR count). The van der Waals surface area contributed by atoms with Crippen LogP contribution < -0.4 is 0 Å². The third kappa shape index (κ3) is 2.86. The van der Waals surface area contributed by atoms with E-state index in [0.717, 1.165) is 30.4 Å². The Balaban J connectivity index is 1.66. The van der Waals surface area contributed by atoms with E-state index in [1.165, 1.54) is 0 Å². The van der Waals surface area contributed by atoms with E-state index >= 15 is 0 Å². The number of aromatic nitrogens is 2. The Morgan fingerprint density at radius 1 is 1.41 bits per heavy atom. The molecule has 1 aliphatic heterocycles. The number of nitrogens with zero attached hydrogens (tertiary/aromatic N) is 3. The fourth-order valence-corrected chi connectivity index (χ4v) is 3.39. The first kappa shape index (κ1) is 15.0. The van der Waals surface area contributed by atoms with Gasteiger partial charge in [-0.25, -0.2) is 4.98 Å². The highest BCUT2D eigenvalue weighted by Crippen LogP contribution is 2.24. The number of carbonyl (C=O) groups is 1. The summed E-state index contributed by atoms with van der Waals surface area (Å²) in [6.07, 6.45) is 4.35. The zero-order valence-corrected chi connectivity index (χ0v) is 13.0. The first-order valence-electron chi connectivity index (χ1n) is 8.01. The predicted molar refractivity (Wildman–Crippen MR) is 85.3 cm³/mol. The first-order chi connectivity index (χ1) is 10.7. The number of aliphatic hydroxyl groups is 1. The van der Waals surface area contributed by atoms with Crippen molar-refractivity contribution in [2.24, 2.45) is 5.92 Å². The Morgan fingerprint density at radius 2 is 2.23 bits per heavy atom. The Kier molecular flexibility index (Phi) is 4.43. The number of rotatable bonds is 4. The van der Waals surface area contributed by atoms with Crippen LogP contribution in [0.1, 0.15) is 26.2 Å². The molecule has 2 unspecified atom stereocenters. The second-order valence-corrected chi connectivity index (χ2v) is 6.13. The second kappa shape index (κ2) is 6.48. The minimum absolute atomic E-state index is 0.0271. The van der Waals surface area contributed by atoms with Crippen LogP contribution in [0.4, 0.5) is 0 Å². The quantitative estimate of drug-likeness (QED) is 0.940. The van der Waals surface area contributed by atoms with Gasteiger partial charge in [-0.3, -0.25) is 4.79 Å². The number of piperidine rings is 1. The summed E-state index contributed by atoms with van der Waals surface area (Å²) in [5, 5.41) is 9.57. The lowest BCUT2D eigenvalue weighted by atomic mass is 9.91. The van der Waals surface area contributed by atoms with Crippen molar-refractivity contribution < 1.29 is 9.90 Å². The van der Waals surface area contributed by atoms with Gasteiger partial charge in [0.25, 0.3) is 0 Å². The summed E-state index contributed by atoms with van der Waals surface area (Å²) in [5.74, 6) is 0.500. The molecule has 1 saturated heterocycles. The van der Waals surface area contributed by atoms with Crippen LogP contribution in [-0.4, -0.2) is 44.7 Å². The molecule has 0 aliphatic carbocycles. The number of hydrogen-bond acceptors (Lipinski definition) is 3. The monoisotopic (exact) mass is 301 g/mol. The Hall–Kier alpha value is -1.88. The summed E-state index contributed by atoms with van der Waals surface area (Å²) >= 11 is 0. The van der Waals surface area contributed by atoms with E-state index in [1.807, 2.05) is 33.7 Å². The Bertz CT molecular complexity index is 652. The maximum atomic E-state index is 12.5. The highest BCUT2D eigenvalue weighted by atomic mass is 16.3. The SMILES string of the molecule is CC1CCCN(C(=O)CCn2cnc3ccccc32)C1CO. The maximum absolute atomic E-state index is 12.5. The standard InChI is InChI=1S/C17H23N3O2/c1-13-5-4-9-20(16(13)11-21)17(22)8-10-19-12-18-14-6-2-3-7-15(14)19/h2-3,6-7,12-13,16,21H,4-5,8-11H2,1H3. The molecule has 1 aliphatic rings. The lowest BCUT2D eigenvalue weighted by Gasteiger charge is -2.39. The van der Waals surface area contributed by atoms with E-state index < -0.39 is 0 Å². The number of aliphatic hydroxyl groups excluding tert-OH is 1. The molecule has 1 amide bonds. The van der Waals surface area contributed by atoms with E-state index in [1.54, 1.807) is 6.33 Å². The number of aryl methyl sites for hydroxylation is 1. The van der Waals surface area contributed by atoms with E-state index in [2.05, 4.69) is 11.9 Å². The molecule has 2 heterocycles. The molecule has 22 heavy (non-hydrogen) atoms. The average molecular weight is 301 g/mol. The van der Waals surface area contributed by atoms with Crippen LogP contribution in [0.2, 0.25) is 0 Å². The zero-order chi connectivity index (χ0) is 15.5. The minimum Gasteiger partial charge on any atom is -0.394 e. The van der Waals surface area contributed by atoms with Gasteiger partial charge in [0, 0.05) is 19.5 Å². The van der Waals surface area contributed by atoms with Gasteiger partial charge < -0.3 is 14.6 Å². The maximum Gasteiger partial charge on any atom is 0.224 e. The van der Waals surface area contributed by atoms with Crippen molar-refractivity contribution in [3.05, 3.63) is 30.6 Å². The number of fused-ring (bicyclic) bond motifs is 1. The zero-order valence-electron chi connectivity index (χ0n) is 13.0. The van der Waals surface area contributed by atoms with E-state index in [-0.39, 0.29) is 18.6 Å². The number of likely N-dealkylation sites (tertiary alicyclic amines) is 1. The van der Waals surface area contributed by atoms with Crippen LogP contribution in [0.5, 0.6) is 0 Å². The van der Waals surface area contributed by atoms with Crippen LogP contribution in [0.15, 0.2) is 30.6 Å². The topological polar surface area (TPSA) is 58.4 Å². The molecule has 1 aromatic carbocycles. The van der Waals surface area contributed by atoms with Crippen molar-refractivity contribution in [2.75, 3.05) is 13.2 Å². The van der Waals surface area contributed by atoms with Crippen molar-refractivity contribution in [1.29, 1.82) is 0 Å². The van der Waals surface area contributed by atoms with Gasteiger partial charge in [0.05, 0.1) is 30.0 Å². The van der Waals surface area contributed by atoms with Crippen molar-refractivity contribution in [3.8, 4) is 0 Å². The number of para-hydroxylation sites is 2. The van der Waals surface area contributed by atoms with Gasteiger partial charge in [0.2, 0.25) is 5.91 Å². The molecular formula is C17H23N3O2. The van der Waals surface area contributed by atoms with Gasteiger partial charge in [-0.05, 0) is 30.9 Å². The Labute approximate surface area is 130 Å². The molecule has 2 atom stereocenters. The van der Waals surface area contributed by atoms with Crippen LogP contribution >= 0.6 is 0 Å². The third-order valence-electron chi connectivity index (χ3n) is 4.72. The third-order valence-corrected chi connectivity index (χ3v) is 4.72. The number of hydrogen-bond donors (Lipinski definition) is 1. The summed E-state index contributed by atoms with van der Waals surface area (Å²) in [4.78, 5) is 18.7. The largest absolute Gasteiger partial charge is 0.394 e. The molecule has 5 heteroatoms. The smallest absolute Gasteiger partial charge is 0.224 e. The lowest BCUT2D eigenvalue weighted by molar-refractivity contribution is -0.137. The van der Waals surface area contributed by atoms with Gasteiger partial charge in [-0.1, -0.05) is 19.1 Å². The summed E-state index contributed by atoms with van der Waals surface area (Å²) < 4.78 is 2.02. The molecule has 5 nitrogen and oxygen atoms in total. The van der Waals surface area contributed by atoms with E-state index in [9.17, 15) is 9.90 Å². The average Bonchev–Trinajstić information content (AvgIpc) is 2.95. The number of benzene rings is 1. The summed E-state index contributed by atoms with van der Waals surface area (Å²) in [7, 11) is 0. The number of imidazole rings is 1. The minimum atomic E-state index is -0.0271. The Morgan fingerprint density at radius 3 is 3.05 bits per heavy atom. The van der Waals surface area contributed by atoms with Gasteiger partial charge in [-0.2, -0.15) is 0 Å². The molecule has 0 saturated carbocycles. The molecular weight excluding hydrogens is 278 g/mol. The first-order valence-corrected chi connectivity index (χ1v) is 8.01. The predicted octanol–water partition coefficient (Wildman–Crippen LogP) is 2.05. The van der Waals surface area contributed by atoms with E-state index in [4.69, 9.17) is 0 Å². The molecule has 118 valence electrons. The molecule has 1 N–H and O–H groups in total. The lowest BCUT2D eigenvalue weighted by Crippen LogP contribution is -2.49. The molecule has 0 radical (unpaired) electrons. The summed E-state index contributed by atoms with van der Waals surface area (Å²) in [5.41, 5.74) is 2.01. The van der Waals surface area contributed by atoms with Crippen LogP contribution in [0, 0.1) is 5.92 Å². The van der Waals surface area contributed by atoms with Crippen molar-refractivity contribution in [2.45, 2.75) is 38.8 Å². The summed E-state index contributed by atoms with van der Waals surface area (Å²) in [6, 6.07) is 7.91. The second-order valence-electron chi connectivity index (χ2n) is 6.13. The van der Waals surface area contributed by atoms with Crippen molar-refractivity contribution >= 4 is 16.9 Å². The highest BCUT2D eigenvalue weighted by molar-refractivity contribution is 5.78.